The molecule has 0 atom stereocenters. The fourth-order valence-electron chi connectivity index (χ4n) is 3.22. The quantitative estimate of drug-likeness (QED) is 0.824. The maximum Gasteiger partial charge on any atom is 0.223 e. The van der Waals surface area contributed by atoms with E-state index in [0.29, 0.717) is 19.0 Å². The van der Waals surface area contributed by atoms with Crippen molar-refractivity contribution in [2.45, 2.75) is 30.1 Å². The van der Waals surface area contributed by atoms with Crippen LogP contribution in [0.25, 0.3) is 0 Å². The standard InChI is InChI=1S/C19H22N2O3S/c22-19(10-15-25(23,24)18-4-2-1-3-5-18)21-13-8-17(9-14-21)16-6-11-20-12-7-16/h1-7,11-12,17H,8-10,13-15H2. The molecular formula is C19H22N2O3S. The molecular weight excluding hydrogens is 336 g/mol. The van der Waals surface area contributed by atoms with E-state index in [4.69, 9.17) is 0 Å². The maximum atomic E-state index is 12.4. The van der Waals surface area contributed by atoms with Crippen LogP contribution in [0, 0.1) is 0 Å². The van der Waals surface area contributed by atoms with Crippen molar-refractivity contribution in [2.75, 3.05) is 18.8 Å². The van der Waals surface area contributed by atoms with E-state index in [1.807, 2.05) is 12.1 Å². The lowest BCUT2D eigenvalue weighted by Gasteiger charge is -2.32. The summed E-state index contributed by atoms with van der Waals surface area (Å²) in [6.45, 7) is 1.36. The minimum absolute atomic E-state index is 0.0388. The second-order valence-corrected chi connectivity index (χ2v) is 8.43. The van der Waals surface area contributed by atoms with Gasteiger partial charge in [0.2, 0.25) is 5.91 Å². The van der Waals surface area contributed by atoms with Crippen molar-refractivity contribution >= 4 is 15.7 Å². The molecule has 0 saturated carbocycles. The van der Waals surface area contributed by atoms with Gasteiger partial charge in [0.15, 0.2) is 9.84 Å². The van der Waals surface area contributed by atoms with Crippen LogP contribution in [0.3, 0.4) is 0 Å². The highest BCUT2D eigenvalue weighted by atomic mass is 32.2. The molecule has 2 heterocycles. The van der Waals surface area contributed by atoms with E-state index in [1.54, 1.807) is 47.6 Å². The Balaban J connectivity index is 1.52. The third kappa shape index (κ3) is 4.45. The van der Waals surface area contributed by atoms with E-state index >= 15 is 0 Å². The molecule has 5 nitrogen and oxygen atoms in total. The fraction of sp³-hybridized carbons (Fsp3) is 0.368. The summed E-state index contributed by atoms with van der Waals surface area (Å²) >= 11 is 0. The van der Waals surface area contributed by atoms with Crippen LogP contribution in [0.2, 0.25) is 0 Å². The van der Waals surface area contributed by atoms with E-state index in [-0.39, 0.29) is 23.0 Å². The number of pyridine rings is 1. The minimum atomic E-state index is -3.40. The van der Waals surface area contributed by atoms with Crippen LogP contribution < -0.4 is 0 Å². The highest BCUT2D eigenvalue weighted by Gasteiger charge is 2.25. The highest BCUT2D eigenvalue weighted by Crippen LogP contribution is 2.27. The van der Waals surface area contributed by atoms with Crippen molar-refractivity contribution in [1.29, 1.82) is 0 Å². The second-order valence-electron chi connectivity index (χ2n) is 6.32. The molecule has 132 valence electrons. The summed E-state index contributed by atoms with van der Waals surface area (Å²) in [6.07, 6.45) is 5.43. The van der Waals surface area contributed by atoms with Crippen molar-refractivity contribution in [1.82, 2.24) is 9.88 Å². The Hall–Kier alpha value is -2.21. The van der Waals surface area contributed by atoms with E-state index in [9.17, 15) is 13.2 Å². The summed E-state index contributed by atoms with van der Waals surface area (Å²) in [5.41, 5.74) is 1.26. The van der Waals surface area contributed by atoms with Gasteiger partial charge in [-0.15, -0.1) is 0 Å². The third-order valence-corrected chi connectivity index (χ3v) is 6.44. The molecule has 1 fully saturated rings. The van der Waals surface area contributed by atoms with Gasteiger partial charge in [-0.25, -0.2) is 8.42 Å². The van der Waals surface area contributed by atoms with Crippen LogP contribution in [0.5, 0.6) is 0 Å². The number of hydrogen-bond donors (Lipinski definition) is 0. The number of benzene rings is 1. The van der Waals surface area contributed by atoms with Crippen LogP contribution >= 0.6 is 0 Å². The number of likely N-dealkylation sites (tertiary alicyclic amines) is 1. The third-order valence-electron chi connectivity index (χ3n) is 4.71. The molecule has 25 heavy (non-hydrogen) atoms. The number of aromatic nitrogens is 1. The molecule has 1 aliphatic rings. The molecule has 0 spiro atoms. The molecule has 0 unspecified atom stereocenters. The molecule has 1 aromatic carbocycles. The second kappa shape index (κ2) is 7.78. The predicted octanol–water partition coefficient (Wildman–Crippen LogP) is 2.65. The van der Waals surface area contributed by atoms with Crippen molar-refractivity contribution in [3.05, 3.63) is 60.4 Å². The topological polar surface area (TPSA) is 67.3 Å². The number of piperidine rings is 1. The molecule has 1 aromatic heterocycles. The van der Waals surface area contributed by atoms with E-state index in [1.165, 1.54) is 5.56 Å². The molecule has 3 rings (SSSR count). The van der Waals surface area contributed by atoms with Crippen LogP contribution in [0.15, 0.2) is 59.8 Å². The highest BCUT2D eigenvalue weighted by molar-refractivity contribution is 7.91. The number of carbonyl (C=O) groups excluding carboxylic acids is 1. The minimum Gasteiger partial charge on any atom is -0.343 e. The summed E-state index contributed by atoms with van der Waals surface area (Å²) in [5.74, 6) is 0.230. The predicted molar refractivity (Wildman–Crippen MR) is 95.9 cm³/mol. The summed E-state index contributed by atoms with van der Waals surface area (Å²) in [6, 6.07) is 12.3. The molecule has 0 N–H and O–H groups in total. The Kier molecular flexibility index (Phi) is 5.48. The molecule has 1 aliphatic heterocycles. The average molecular weight is 358 g/mol. The van der Waals surface area contributed by atoms with Crippen molar-refractivity contribution in [3.63, 3.8) is 0 Å². The van der Waals surface area contributed by atoms with Gasteiger partial charge >= 0.3 is 0 Å². The molecule has 6 heteroatoms. The summed E-state index contributed by atoms with van der Waals surface area (Å²) < 4.78 is 24.6. The Morgan fingerprint density at radius 1 is 1.04 bits per heavy atom. The zero-order valence-electron chi connectivity index (χ0n) is 14.0. The summed E-state index contributed by atoms with van der Waals surface area (Å²) in [7, 11) is -3.40. The SMILES string of the molecule is O=C(CCS(=O)(=O)c1ccccc1)N1CCC(c2ccncc2)CC1. The molecule has 0 bridgehead atoms. The lowest BCUT2D eigenvalue weighted by atomic mass is 9.90. The smallest absolute Gasteiger partial charge is 0.223 e. The van der Waals surface area contributed by atoms with Crippen molar-refractivity contribution < 1.29 is 13.2 Å². The van der Waals surface area contributed by atoms with Gasteiger partial charge in [0, 0.05) is 31.9 Å². The van der Waals surface area contributed by atoms with Gasteiger partial charge in [0.05, 0.1) is 10.6 Å². The molecule has 0 aliphatic carbocycles. The maximum absolute atomic E-state index is 12.4. The molecule has 2 aromatic rings. The lowest BCUT2D eigenvalue weighted by molar-refractivity contribution is -0.131. The Bertz CT molecular complexity index is 799. The number of rotatable bonds is 5. The summed E-state index contributed by atoms with van der Waals surface area (Å²) in [4.78, 5) is 18.5. The van der Waals surface area contributed by atoms with E-state index < -0.39 is 9.84 Å². The van der Waals surface area contributed by atoms with Gasteiger partial charge < -0.3 is 4.90 Å². The van der Waals surface area contributed by atoms with Crippen LogP contribution in [-0.2, 0) is 14.6 Å². The molecule has 1 amide bonds. The first-order chi connectivity index (χ1) is 12.1. The van der Waals surface area contributed by atoms with Gasteiger partial charge in [0.1, 0.15) is 0 Å². The van der Waals surface area contributed by atoms with Gasteiger partial charge in [0.25, 0.3) is 0 Å². The first-order valence-corrected chi connectivity index (χ1v) is 10.2. The monoisotopic (exact) mass is 358 g/mol. The average Bonchev–Trinajstić information content (AvgIpc) is 2.68. The summed E-state index contributed by atoms with van der Waals surface area (Å²) in [5, 5.41) is 0. The molecule has 1 saturated heterocycles. The lowest BCUT2D eigenvalue weighted by Crippen LogP contribution is -2.38. The van der Waals surface area contributed by atoms with Gasteiger partial charge in [-0.3, -0.25) is 9.78 Å². The van der Waals surface area contributed by atoms with Crippen molar-refractivity contribution in [2.24, 2.45) is 0 Å². The number of sulfone groups is 1. The van der Waals surface area contributed by atoms with E-state index in [0.717, 1.165) is 12.8 Å². The van der Waals surface area contributed by atoms with Crippen LogP contribution in [0.4, 0.5) is 0 Å². The zero-order chi connectivity index (χ0) is 17.7. The fourth-order valence-corrected chi connectivity index (χ4v) is 4.47. The molecule has 0 radical (unpaired) electrons. The number of nitrogens with zero attached hydrogens (tertiary/aromatic N) is 2. The Labute approximate surface area is 148 Å². The number of hydrogen-bond acceptors (Lipinski definition) is 4. The number of carbonyl (C=O) groups is 1. The van der Waals surface area contributed by atoms with Gasteiger partial charge in [-0.1, -0.05) is 18.2 Å². The normalized spacial score (nSPS) is 15.9. The van der Waals surface area contributed by atoms with E-state index in [2.05, 4.69) is 4.98 Å². The Morgan fingerprint density at radius 2 is 1.68 bits per heavy atom. The van der Waals surface area contributed by atoms with Crippen LogP contribution in [0.1, 0.15) is 30.7 Å². The largest absolute Gasteiger partial charge is 0.343 e. The van der Waals surface area contributed by atoms with Gasteiger partial charge in [-0.2, -0.15) is 0 Å². The first-order valence-electron chi connectivity index (χ1n) is 8.52. The van der Waals surface area contributed by atoms with Crippen molar-refractivity contribution in [3.8, 4) is 0 Å². The zero-order valence-corrected chi connectivity index (χ0v) is 14.9. The number of amides is 1. The first kappa shape index (κ1) is 17.6. The van der Waals surface area contributed by atoms with Gasteiger partial charge in [-0.05, 0) is 48.6 Å². The Morgan fingerprint density at radius 3 is 2.32 bits per heavy atom. The van der Waals surface area contributed by atoms with Crippen LogP contribution in [-0.4, -0.2) is 43.1 Å².